The average molecular weight is 405 g/mol. The maximum Gasteiger partial charge on any atom is 0.124 e. The Labute approximate surface area is 134 Å². The van der Waals surface area contributed by atoms with Crippen molar-refractivity contribution in [2.75, 3.05) is 6.54 Å². The summed E-state index contributed by atoms with van der Waals surface area (Å²) in [4.78, 5) is 0. The van der Waals surface area contributed by atoms with Gasteiger partial charge in [0.1, 0.15) is 5.82 Å². The molecule has 0 radical (unpaired) electrons. The molecule has 0 aliphatic rings. The summed E-state index contributed by atoms with van der Waals surface area (Å²) in [5.74, 6) is -0.251. The molecule has 0 saturated carbocycles. The smallest absolute Gasteiger partial charge is 0.124 e. The summed E-state index contributed by atoms with van der Waals surface area (Å²) in [5.41, 5.74) is 2.03. The molecule has 20 heavy (non-hydrogen) atoms. The van der Waals surface area contributed by atoms with Gasteiger partial charge in [0.25, 0.3) is 0 Å². The van der Waals surface area contributed by atoms with Crippen LogP contribution in [0, 0.1) is 5.82 Å². The Morgan fingerprint density at radius 3 is 2.65 bits per heavy atom. The summed E-state index contributed by atoms with van der Waals surface area (Å²) in [6.07, 6.45) is 1.79. The first kappa shape index (κ1) is 15.7. The van der Waals surface area contributed by atoms with Crippen LogP contribution in [-0.4, -0.2) is 16.3 Å². The molecule has 0 spiro atoms. The van der Waals surface area contributed by atoms with Crippen LogP contribution in [-0.2, 0) is 6.54 Å². The van der Waals surface area contributed by atoms with E-state index in [9.17, 15) is 4.39 Å². The molecular formula is C14H16Br2FN3. The Balaban J connectivity index is 2.53. The van der Waals surface area contributed by atoms with Gasteiger partial charge in [0, 0.05) is 11.0 Å². The predicted molar refractivity (Wildman–Crippen MR) is 85.2 cm³/mol. The zero-order valence-corrected chi connectivity index (χ0v) is 14.5. The number of nitrogens with one attached hydrogen (secondary N) is 1. The second kappa shape index (κ2) is 6.83. The van der Waals surface area contributed by atoms with Crippen molar-refractivity contribution < 1.29 is 4.39 Å². The molecule has 0 bridgehead atoms. The molecule has 1 heterocycles. The lowest BCUT2D eigenvalue weighted by atomic mass is 10.0. The fraction of sp³-hybridized carbons (Fsp3) is 0.357. The van der Waals surface area contributed by atoms with Crippen LogP contribution in [0.1, 0.15) is 31.1 Å². The van der Waals surface area contributed by atoms with Crippen molar-refractivity contribution in [2.45, 2.75) is 26.4 Å². The zero-order chi connectivity index (χ0) is 14.7. The van der Waals surface area contributed by atoms with Gasteiger partial charge in [-0.25, -0.2) is 4.39 Å². The van der Waals surface area contributed by atoms with Crippen molar-refractivity contribution in [3.63, 3.8) is 0 Å². The van der Waals surface area contributed by atoms with E-state index in [2.05, 4.69) is 42.3 Å². The summed E-state index contributed by atoms with van der Waals surface area (Å²) in [6.45, 7) is 5.67. The molecule has 1 aromatic heterocycles. The van der Waals surface area contributed by atoms with Crippen LogP contribution in [0.5, 0.6) is 0 Å². The number of halogens is 3. The lowest BCUT2D eigenvalue weighted by Gasteiger charge is -2.21. The summed E-state index contributed by atoms with van der Waals surface area (Å²) in [7, 11) is 0. The van der Waals surface area contributed by atoms with E-state index in [1.165, 1.54) is 12.1 Å². The predicted octanol–water partition coefficient (Wildman–Crippen LogP) is 4.27. The highest BCUT2D eigenvalue weighted by Gasteiger charge is 2.22. The summed E-state index contributed by atoms with van der Waals surface area (Å²) in [6, 6.07) is 4.71. The van der Waals surface area contributed by atoms with E-state index in [1.807, 2.05) is 18.5 Å². The van der Waals surface area contributed by atoms with Crippen LogP contribution in [0.2, 0.25) is 0 Å². The number of aryl methyl sites for hydroxylation is 1. The van der Waals surface area contributed by atoms with Crippen molar-refractivity contribution in [1.82, 2.24) is 15.1 Å². The number of nitrogens with zero attached hydrogens (tertiary/aromatic N) is 2. The zero-order valence-electron chi connectivity index (χ0n) is 11.3. The minimum absolute atomic E-state index is 0.0493. The van der Waals surface area contributed by atoms with E-state index < -0.39 is 0 Å². The van der Waals surface area contributed by atoms with Crippen LogP contribution >= 0.6 is 31.9 Å². The fourth-order valence-electron chi connectivity index (χ4n) is 2.20. The molecule has 0 amide bonds. The standard InChI is InChI=1S/C14H16Br2FN3/c1-3-18-13(10-6-5-9(17)7-11(10)15)14-12(16)8-19-20(14)4-2/h5-8,13,18H,3-4H2,1-2H3. The second-order valence-corrected chi connectivity index (χ2v) is 6.06. The second-order valence-electron chi connectivity index (χ2n) is 4.35. The van der Waals surface area contributed by atoms with Crippen molar-refractivity contribution in [3.8, 4) is 0 Å². The number of hydrogen-bond acceptors (Lipinski definition) is 2. The number of benzene rings is 1. The van der Waals surface area contributed by atoms with E-state index in [4.69, 9.17) is 0 Å². The molecule has 3 nitrogen and oxygen atoms in total. The Morgan fingerprint density at radius 1 is 1.30 bits per heavy atom. The van der Waals surface area contributed by atoms with Crippen molar-refractivity contribution in [1.29, 1.82) is 0 Å². The lowest BCUT2D eigenvalue weighted by Crippen LogP contribution is -2.25. The van der Waals surface area contributed by atoms with E-state index in [0.717, 1.165) is 33.3 Å². The molecule has 2 rings (SSSR count). The molecule has 1 unspecified atom stereocenters. The molecule has 1 aromatic carbocycles. The minimum Gasteiger partial charge on any atom is -0.305 e. The molecule has 1 atom stereocenters. The van der Waals surface area contributed by atoms with Gasteiger partial charge < -0.3 is 5.32 Å². The van der Waals surface area contributed by atoms with Crippen LogP contribution in [0.3, 0.4) is 0 Å². The number of hydrogen-bond donors (Lipinski definition) is 1. The molecule has 108 valence electrons. The van der Waals surface area contributed by atoms with Gasteiger partial charge in [-0.2, -0.15) is 5.10 Å². The van der Waals surface area contributed by atoms with Gasteiger partial charge in [-0.05, 0) is 47.1 Å². The Kier molecular flexibility index (Phi) is 5.35. The summed E-state index contributed by atoms with van der Waals surface area (Å²) in [5, 5.41) is 7.78. The van der Waals surface area contributed by atoms with Crippen LogP contribution < -0.4 is 5.32 Å². The highest BCUT2D eigenvalue weighted by molar-refractivity contribution is 9.10. The van der Waals surface area contributed by atoms with E-state index in [0.29, 0.717) is 0 Å². The third-order valence-corrected chi connectivity index (χ3v) is 4.39. The highest BCUT2D eigenvalue weighted by Crippen LogP contribution is 2.33. The Morgan fingerprint density at radius 2 is 2.05 bits per heavy atom. The quantitative estimate of drug-likeness (QED) is 0.806. The monoisotopic (exact) mass is 403 g/mol. The molecule has 2 aromatic rings. The van der Waals surface area contributed by atoms with Crippen LogP contribution in [0.4, 0.5) is 4.39 Å². The first-order valence-electron chi connectivity index (χ1n) is 6.48. The minimum atomic E-state index is -0.251. The molecule has 6 heteroatoms. The maximum absolute atomic E-state index is 13.3. The first-order valence-corrected chi connectivity index (χ1v) is 8.06. The van der Waals surface area contributed by atoms with Crippen molar-refractivity contribution in [3.05, 3.63) is 50.4 Å². The third kappa shape index (κ3) is 3.13. The first-order chi connectivity index (χ1) is 9.58. The van der Waals surface area contributed by atoms with Gasteiger partial charge >= 0.3 is 0 Å². The molecule has 0 aliphatic heterocycles. The van der Waals surface area contributed by atoms with E-state index in [-0.39, 0.29) is 11.9 Å². The van der Waals surface area contributed by atoms with E-state index in [1.54, 1.807) is 12.3 Å². The fourth-order valence-corrected chi connectivity index (χ4v) is 3.31. The molecule has 0 saturated heterocycles. The SMILES string of the molecule is CCNC(c1ccc(F)cc1Br)c1c(Br)cnn1CC. The number of rotatable bonds is 5. The van der Waals surface area contributed by atoms with Crippen LogP contribution in [0.15, 0.2) is 33.3 Å². The largest absolute Gasteiger partial charge is 0.305 e. The maximum atomic E-state index is 13.3. The topological polar surface area (TPSA) is 29.9 Å². The van der Waals surface area contributed by atoms with Crippen molar-refractivity contribution in [2.24, 2.45) is 0 Å². The van der Waals surface area contributed by atoms with Gasteiger partial charge in [0.05, 0.1) is 22.4 Å². The molecule has 1 N–H and O–H groups in total. The summed E-state index contributed by atoms with van der Waals surface area (Å²) < 4.78 is 16.9. The Hall–Kier alpha value is -0.720. The van der Waals surface area contributed by atoms with Gasteiger partial charge in [-0.1, -0.05) is 28.9 Å². The van der Waals surface area contributed by atoms with Gasteiger partial charge in [0.2, 0.25) is 0 Å². The van der Waals surface area contributed by atoms with Gasteiger partial charge in [-0.15, -0.1) is 0 Å². The normalized spacial score (nSPS) is 12.7. The van der Waals surface area contributed by atoms with Crippen LogP contribution in [0.25, 0.3) is 0 Å². The average Bonchev–Trinajstić information content (AvgIpc) is 2.78. The molecule has 0 aliphatic carbocycles. The molecule has 0 fully saturated rings. The lowest BCUT2D eigenvalue weighted by molar-refractivity contribution is 0.538. The van der Waals surface area contributed by atoms with E-state index >= 15 is 0 Å². The summed E-state index contributed by atoms with van der Waals surface area (Å²) >= 11 is 7.00. The molecular weight excluding hydrogens is 389 g/mol. The third-order valence-electron chi connectivity index (χ3n) is 3.09. The van der Waals surface area contributed by atoms with Gasteiger partial charge in [-0.3, -0.25) is 4.68 Å². The Bertz CT molecular complexity index is 598. The van der Waals surface area contributed by atoms with Crippen molar-refractivity contribution >= 4 is 31.9 Å². The van der Waals surface area contributed by atoms with Gasteiger partial charge in [0.15, 0.2) is 0 Å². The number of aromatic nitrogens is 2. The highest BCUT2D eigenvalue weighted by atomic mass is 79.9.